The van der Waals surface area contributed by atoms with Crippen molar-refractivity contribution in [3.63, 3.8) is 0 Å². The van der Waals surface area contributed by atoms with Gasteiger partial charge in [0.05, 0.1) is 57.4 Å². The van der Waals surface area contributed by atoms with Crippen LogP contribution in [0, 0.1) is 5.41 Å². The number of benzene rings is 1. The first kappa shape index (κ1) is 25.1. The number of ether oxygens (including phenoxy) is 3. The molecule has 0 bridgehead atoms. The number of hydrogen-bond acceptors (Lipinski definition) is 9. The van der Waals surface area contributed by atoms with Gasteiger partial charge in [-0.25, -0.2) is 15.0 Å². The number of nitrogens with one attached hydrogen (secondary N) is 3. The van der Waals surface area contributed by atoms with Crippen LogP contribution < -0.4 is 25.0 Å². The van der Waals surface area contributed by atoms with Crippen molar-refractivity contribution in [1.29, 1.82) is 5.41 Å². The third-order valence-corrected chi connectivity index (χ3v) is 6.98. The predicted molar refractivity (Wildman–Crippen MR) is 144 cm³/mol. The number of rotatable bonds is 7. The Hall–Kier alpha value is -3.60. The molecule has 2 aliphatic rings. The van der Waals surface area contributed by atoms with E-state index in [4.69, 9.17) is 47.8 Å². The number of anilines is 3. The van der Waals surface area contributed by atoms with Crippen molar-refractivity contribution in [3.05, 3.63) is 58.9 Å². The number of hydrogen-bond donors (Lipinski definition) is 3. The summed E-state index contributed by atoms with van der Waals surface area (Å²) >= 11 is 13.5. The molecule has 3 aromatic rings. The zero-order valence-corrected chi connectivity index (χ0v) is 21.7. The van der Waals surface area contributed by atoms with Gasteiger partial charge in [-0.2, -0.15) is 0 Å². The van der Waals surface area contributed by atoms with Gasteiger partial charge in [0, 0.05) is 29.6 Å². The van der Waals surface area contributed by atoms with Crippen LogP contribution in [-0.2, 0) is 11.3 Å². The smallest absolute Gasteiger partial charge is 0.223 e. The Kier molecular flexibility index (Phi) is 7.05. The van der Waals surface area contributed by atoms with Gasteiger partial charge in [0.25, 0.3) is 0 Å². The number of pyridine rings is 1. The van der Waals surface area contributed by atoms with Gasteiger partial charge in [-0.1, -0.05) is 29.8 Å². The van der Waals surface area contributed by atoms with Crippen LogP contribution in [0.5, 0.6) is 11.5 Å². The third-order valence-electron chi connectivity index (χ3n) is 6.25. The number of nitrogens with zero attached hydrogens (tertiary/aromatic N) is 4. The molecule has 0 amide bonds. The molecule has 5 rings (SSSR count). The first-order valence-corrected chi connectivity index (χ1v) is 12.2. The van der Waals surface area contributed by atoms with Crippen LogP contribution in [-0.4, -0.2) is 60.3 Å². The van der Waals surface area contributed by atoms with Crippen LogP contribution in [0.25, 0.3) is 11.3 Å². The lowest BCUT2D eigenvalue weighted by molar-refractivity contribution is 0.190. The molecule has 0 aliphatic carbocycles. The van der Waals surface area contributed by atoms with Crippen LogP contribution >= 0.6 is 23.2 Å². The predicted octanol–water partition coefficient (Wildman–Crippen LogP) is 4.45. The van der Waals surface area contributed by atoms with E-state index in [-0.39, 0.29) is 17.9 Å². The minimum absolute atomic E-state index is 0.109. The van der Waals surface area contributed by atoms with E-state index >= 15 is 0 Å². The molecule has 4 heterocycles. The van der Waals surface area contributed by atoms with E-state index in [9.17, 15) is 0 Å². The van der Waals surface area contributed by atoms with Crippen LogP contribution in [0.2, 0.25) is 10.0 Å². The lowest BCUT2D eigenvalue weighted by Gasteiger charge is -2.33. The molecule has 0 unspecified atom stereocenters. The summed E-state index contributed by atoms with van der Waals surface area (Å²) in [5.41, 5.74) is 2.94. The van der Waals surface area contributed by atoms with E-state index in [1.165, 1.54) is 20.3 Å². The normalized spacial score (nSPS) is 18.0. The summed E-state index contributed by atoms with van der Waals surface area (Å²) in [5.74, 6) is 2.20. The van der Waals surface area contributed by atoms with Gasteiger partial charge in [0.2, 0.25) is 5.95 Å². The summed E-state index contributed by atoms with van der Waals surface area (Å²) in [4.78, 5) is 15.9. The molecule has 2 atom stereocenters. The molecule has 2 aromatic heterocycles. The average molecular weight is 542 g/mol. The highest BCUT2D eigenvalue weighted by Gasteiger charge is 2.33. The molecule has 2 aliphatic heterocycles. The average Bonchev–Trinajstić information content (AvgIpc) is 3.35. The summed E-state index contributed by atoms with van der Waals surface area (Å²) in [7, 11) is 3.07. The van der Waals surface area contributed by atoms with Crippen LogP contribution in [0.1, 0.15) is 5.56 Å². The van der Waals surface area contributed by atoms with E-state index in [1.54, 1.807) is 18.5 Å². The first-order valence-electron chi connectivity index (χ1n) is 11.5. The Morgan fingerprint density at radius 3 is 2.62 bits per heavy atom. The molecule has 3 N–H and O–H groups in total. The standard InChI is InChI=1S/C25H25Cl2N7O3/c1-4-19(28)31-15-11-37-12-16(15)32-25-30-9-13-10-34(24-14(22(13)33-25)6-5-7-29-24)23-20(26)17(35-2)8-18(36-3)21(23)27/h4-9,15-16H,1,10-12H2,2-3H3,(H2,28,31)(H,30,32,33)/t15-,16+/m0/s1. The minimum Gasteiger partial charge on any atom is -0.495 e. The SMILES string of the molecule is C=CC(=N)N[C@H]1COC[C@H]1Nc1ncc2c(n1)-c1cccnc1N(c1c(Cl)c(OC)cc(OC)c1Cl)C2. The van der Waals surface area contributed by atoms with Gasteiger partial charge in [0.15, 0.2) is 0 Å². The van der Waals surface area contributed by atoms with E-state index in [2.05, 4.69) is 27.2 Å². The van der Waals surface area contributed by atoms with Crippen molar-refractivity contribution >= 4 is 46.5 Å². The number of halogens is 2. The molecule has 10 nitrogen and oxygen atoms in total. The maximum atomic E-state index is 7.86. The lowest BCUT2D eigenvalue weighted by Crippen LogP contribution is -2.45. The molecule has 12 heteroatoms. The van der Waals surface area contributed by atoms with Gasteiger partial charge in [-0.05, 0) is 18.2 Å². The molecule has 1 fully saturated rings. The number of fused-ring (bicyclic) bond motifs is 3. The van der Waals surface area contributed by atoms with E-state index in [0.29, 0.717) is 58.8 Å². The van der Waals surface area contributed by atoms with Gasteiger partial charge < -0.3 is 29.7 Å². The van der Waals surface area contributed by atoms with Crippen molar-refractivity contribution in [3.8, 4) is 22.8 Å². The fourth-order valence-electron chi connectivity index (χ4n) is 4.43. The van der Waals surface area contributed by atoms with Crippen molar-refractivity contribution < 1.29 is 14.2 Å². The summed E-state index contributed by atoms with van der Waals surface area (Å²) < 4.78 is 16.5. The topological polar surface area (TPSA) is 118 Å². The number of aromatic nitrogens is 3. The van der Waals surface area contributed by atoms with Crippen LogP contribution in [0.4, 0.5) is 17.5 Å². The van der Waals surface area contributed by atoms with Crippen molar-refractivity contribution in [1.82, 2.24) is 20.3 Å². The quantitative estimate of drug-likeness (QED) is 0.294. The number of amidine groups is 1. The Balaban J connectivity index is 1.51. The second-order valence-electron chi connectivity index (χ2n) is 8.44. The molecule has 192 valence electrons. The molecule has 0 spiro atoms. The Labute approximate surface area is 224 Å². The van der Waals surface area contributed by atoms with E-state index < -0.39 is 0 Å². The molecular weight excluding hydrogens is 517 g/mol. The van der Waals surface area contributed by atoms with Gasteiger partial charge >= 0.3 is 0 Å². The van der Waals surface area contributed by atoms with Crippen LogP contribution in [0.3, 0.4) is 0 Å². The second kappa shape index (κ2) is 10.4. The highest BCUT2D eigenvalue weighted by atomic mass is 35.5. The lowest BCUT2D eigenvalue weighted by atomic mass is 10.0. The van der Waals surface area contributed by atoms with E-state index in [0.717, 1.165) is 16.8 Å². The summed E-state index contributed by atoms with van der Waals surface area (Å²) in [5, 5.41) is 15.0. The zero-order chi connectivity index (χ0) is 26.1. The molecule has 37 heavy (non-hydrogen) atoms. The monoisotopic (exact) mass is 541 g/mol. The molecule has 0 saturated carbocycles. The first-order chi connectivity index (χ1) is 17.9. The highest BCUT2D eigenvalue weighted by Crippen LogP contribution is 2.51. The van der Waals surface area contributed by atoms with Crippen molar-refractivity contribution in [2.24, 2.45) is 0 Å². The number of methoxy groups -OCH3 is 2. The Bertz CT molecular complexity index is 1340. The maximum Gasteiger partial charge on any atom is 0.223 e. The van der Waals surface area contributed by atoms with Gasteiger partial charge in [-0.3, -0.25) is 5.41 Å². The molecule has 0 radical (unpaired) electrons. The molecule has 1 saturated heterocycles. The van der Waals surface area contributed by atoms with Gasteiger partial charge in [-0.15, -0.1) is 0 Å². The fourth-order valence-corrected chi connectivity index (χ4v) is 5.13. The van der Waals surface area contributed by atoms with Crippen molar-refractivity contribution in [2.45, 2.75) is 18.6 Å². The maximum absolute atomic E-state index is 7.86. The molecular formula is C25H25Cl2N7O3. The van der Waals surface area contributed by atoms with E-state index in [1.807, 2.05) is 17.0 Å². The van der Waals surface area contributed by atoms with Gasteiger partial charge in [0.1, 0.15) is 33.2 Å². The summed E-state index contributed by atoms with van der Waals surface area (Å²) in [6.07, 6.45) is 4.94. The highest BCUT2D eigenvalue weighted by molar-refractivity contribution is 6.41. The Morgan fingerprint density at radius 2 is 1.92 bits per heavy atom. The Morgan fingerprint density at radius 1 is 1.19 bits per heavy atom. The summed E-state index contributed by atoms with van der Waals surface area (Å²) in [6.45, 7) is 4.93. The zero-order valence-electron chi connectivity index (χ0n) is 20.2. The molecule has 1 aromatic carbocycles. The van der Waals surface area contributed by atoms with Crippen LogP contribution in [0.15, 0.2) is 43.2 Å². The summed E-state index contributed by atoms with van der Waals surface area (Å²) in [6, 6.07) is 5.22. The second-order valence-corrected chi connectivity index (χ2v) is 9.20. The largest absolute Gasteiger partial charge is 0.495 e. The minimum atomic E-state index is -0.117. The fraction of sp³-hybridized carbons (Fsp3) is 0.280. The third kappa shape index (κ3) is 4.63. The van der Waals surface area contributed by atoms with Crippen molar-refractivity contribution in [2.75, 3.05) is 37.7 Å².